The summed E-state index contributed by atoms with van der Waals surface area (Å²) in [5.41, 5.74) is 2.89. The predicted molar refractivity (Wildman–Crippen MR) is 70.9 cm³/mol. The van der Waals surface area contributed by atoms with Gasteiger partial charge < -0.3 is 4.74 Å². The maximum absolute atomic E-state index is 11.4. The van der Waals surface area contributed by atoms with Crippen LogP contribution in [0.25, 0.3) is 10.6 Å². The third-order valence-corrected chi connectivity index (χ3v) is 3.98. The summed E-state index contributed by atoms with van der Waals surface area (Å²) in [7, 11) is 1.37. The lowest BCUT2D eigenvalue weighted by atomic mass is 10.0. The zero-order valence-corrected chi connectivity index (χ0v) is 10.9. The molecule has 0 N–H and O–H groups in total. The van der Waals surface area contributed by atoms with E-state index < -0.39 is 0 Å². The average Bonchev–Trinajstić information content (AvgIpc) is 3.15. The van der Waals surface area contributed by atoms with E-state index in [1.807, 2.05) is 6.07 Å². The number of hydrogen-bond donors (Lipinski definition) is 0. The number of hydrogen-bond acceptors (Lipinski definition) is 4. The normalized spacial score (nSPS) is 14.5. The van der Waals surface area contributed by atoms with Crippen molar-refractivity contribution in [3.8, 4) is 10.6 Å². The minimum atomic E-state index is -0.374. The van der Waals surface area contributed by atoms with Gasteiger partial charge >= 0.3 is 5.97 Å². The maximum Gasteiger partial charge on any atom is 0.357 e. The van der Waals surface area contributed by atoms with Gasteiger partial charge in [-0.25, -0.2) is 9.78 Å². The molecule has 1 saturated carbocycles. The van der Waals surface area contributed by atoms with Crippen LogP contribution in [0.3, 0.4) is 0 Å². The molecule has 1 aliphatic carbocycles. The molecule has 0 radical (unpaired) electrons. The number of aromatic nitrogens is 1. The molecule has 0 spiro atoms. The number of esters is 1. The van der Waals surface area contributed by atoms with E-state index in [-0.39, 0.29) is 5.97 Å². The van der Waals surface area contributed by atoms with Crippen LogP contribution in [0.1, 0.15) is 34.8 Å². The fraction of sp³-hybridized carbons (Fsp3) is 0.286. The summed E-state index contributed by atoms with van der Waals surface area (Å²) >= 11 is 1.49. The summed E-state index contributed by atoms with van der Waals surface area (Å²) in [5.74, 6) is 0.299. The molecule has 0 atom stereocenters. The molecule has 1 aromatic heterocycles. The SMILES string of the molecule is COC(=O)c1csc(-c2ccccc2C2CC2)n1. The van der Waals surface area contributed by atoms with Crippen LogP contribution in [0.5, 0.6) is 0 Å². The molecule has 0 unspecified atom stereocenters. The number of carbonyl (C=O) groups is 1. The van der Waals surface area contributed by atoms with Crippen LogP contribution < -0.4 is 0 Å². The van der Waals surface area contributed by atoms with Crippen LogP contribution in [-0.4, -0.2) is 18.1 Å². The summed E-state index contributed by atoms with van der Waals surface area (Å²) < 4.78 is 4.68. The number of rotatable bonds is 3. The zero-order chi connectivity index (χ0) is 12.5. The lowest BCUT2D eigenvalue weighted by Gasteiger charge is -2.04. The fourth-order valence-corrected chi connectivity index (χ4v) is 2.87. The molecule has 1 aliphatic rings. The molecular formula is C14H13NO2S. The fourth-order valence-electron chi connectivity index (χ4n) is 2.04. The van der Waals surface area contributed by atoms with Gasteiger partial charge in [0.1, 0.15) is 5.01 Å². The Kier molecular flexibility index (Phi) is 2.88. The van der Waals surface area contributed by atoms with Gasteiger partial charge in [-0.3, -0.25) is 0 Å². The molecule has 0 bridgehead atoms. The Labute approximate surface area is 109 Å². The Bertz CT molecular complexity index is 587. The highest BCUT2D eigenvalue weighted by Crippen LogP contribution is 2.44. The van der Waals surface area contributed by atoms with E-state index in [1.54, 1.807) is 5.38 Å². The van der Waals surface area contributed by atoms with Gasteiger partial charge in [-0.2, -0.15) is 0 Å². The van der Waals surface area contributed by atoms with Crippen LogP contribution in [0, 0.1) is 0 Å². The second-order valence-corrected chi connectivity index (χ2v) is 5.25. The highest BCUT2D eigenvalue weighted by atomic mass is 32.1. The van der Waals surface area contributed by atoms with Crippen LogP contribution in [0.2, 0.25) is 0 Å². The van der Waals surface area contributed by atoms with Crippen molar-refractivity contribution in [2.45, 2.75) is 18.8 Å². The minimum Gasteiger partial charge on any atom is -0.464 e. The van der Waals surface area contributed by atoms with Gasteiger partial charge in [-0.05, 0) is 24.3 Å². The average molecular weight is 259 g/mol. The summed E-state index contributed by atoms with van der Waals surface area (Å²) in [6, 6.07) is 8.31. The highest BCUT2D eigenvalue weighted by molar-refractivity contribution is 7.13. The van der Waals surface area contributed by atoms with Gasteiger partial charge in [0.25, 0.3) is 0 Å². The predicted octanol–water partition coefficient (Wildman–Crippen LogP) is 3.47. The van der Waals surface area contributed by atoms with Gasteiger partial charge in [0.05, 0.1) is 7.11 Å². The van der Waals surface area contributed by atoms with E-state index in [9.17, 15) is 4.79 Å². The first-order valence-corrected chi connectivity index (χ1v) is 6.80. The first-order chi connectivity index (χ1) is 8.79. The summed E-state index contributed by atoms with van der Waals surface area (Å²) in [4.78, 5) is 15.8. The number of methoxy groups -OCH3 is 1. The first-order valence-electron chi connectivity index (χ1n) is 5.92. The largest absolute Gasteiger partial charge is 0.464 e. The molecule has 1 heterocycles. The Hall–Kier alpha value is -1.68. The molecule has 3 nitrogen and oxygen atoms in total. The highest BCUT2D eigenvalue weighted by Gasteiger charge is 2.27. The molecule has 0 amide bonds. The van der Waals surface area contributed by atoms with Crippen molar-refractivity contribution in [3.63, 3.8) is 0 Å². The molecule has 4 heteroatoms. The van der Waals surface area contributed by atoms with Crippen LogP contribution in [-0.2, 0) is 4.74 Å². The summed E-state index contributed by atoms with van der Waals surface area (Å²) in [6.45, 7) is 0. The second-order valence-electron chi connectivity index (χ2n) is 4.39. The second kappa shape index (κ2) is 4.53. The van der Waals surface area contributed by atoms with Crippen LogP contribution in [0.4, 0.5) is 0 Å². The molecular weight excluding hydrogens is 246 g/mol. The monoisotopic (exact) mass is 259 g/mol. The number of benzene rings is 1. The zero-order valence-electron chi connectivity index (χ0n) is 10.1. The van der Waals surface area contributed by atoms with E-state index in [2.05, 4.69) is 27.9 Å². The van der Waals surface area contributed by atoms with Crippen LogP contribution in [0.15, 0.2) is 29.6 Å². The van der Waals surface area contributed by atoms with Crippen molar-refractivity contribution in [1.29, 1.82) is 0 Å². The smallest absolute Gasteiger partial charge is 0.357 e. The molecule has 92 valence electrons. The molecule has 0 aliphatic heterocycles. The Balaban J connectivity index is 1.99. The topological polar surface area (TPSA) is 39.2 Å². The van der Waals surface area contributed by atoms with Gasteiger partial charge in [0, 0.05) is 10.9 Å². The Morgan fingerprint density at radius 2 is 2.17 bits per heavy atom. The quantitative estimate of drug-likeness (QED) is 0.792. The van der Waals surface area contributed by atoms with Gasteiger partial charge in [-0.15, -0.1) is 11.3 Å². The van der Waals surface area contributed by atoms with E-state index >= 15 is 0 Å². The van der Waals surface area contributed by atoms with Gasteiger partial charge in [0.15, 0.2) is 5.69 Å². The summed E-state index contributed by atoms with van der Waals surface area (Å²) in [6.07, 6.45) is 2.51. The molecule has 3 rings (SSSR count). The number of ether oxygens (including phenoxy) is 1. The minimum absolute atomic E-state index is 0.374. The molecule has 0 saturated heterocycles. The number of carbonyl (C=O) groups excluding carboxylic acids is 1. The number of thiazole rings is 1. The lowest BCUT2D eigenvalue weighted by Crippen LogP contribution is -2.01. The van der Waals surface area contributed by atoms with Crippen LogP contribution >= 0.6 is 11.3 Å². The van der Waals surface area contributed by atoms with Crippen molar-refractivity contribution in [2.24, 2.45) is 0 Å². The number of nitrogens with zero attached hydrogens (tertiary/aromatic N) is 1. The van der Waals surface area contributed by atoms with Crippen molar-refractivity contribution in [2.75, 3.05) is 7.11 Å². The van der Waals surface area contributed by atoms with Crippen molar-refractivity contribution in [1.82, 2.24) is 4.98 Å². The Morgan fingerprint density at radius 1 is 1.39 bits per heavy atom. The Morgan fingerprint density at radius 3 is 2.89 bits per heavy atom. The van der Waals surface area contributed by atoms with E-state index in [0.29, 0.717) is 11.6 Å². The summed E-state index contributed by atoms with van der Waals surface area (Å²) in [5, 5.41) is 2.66. The third-order valence-electron chi connectivity index (χ3n) is 3.11. The lowest BCUT2D eigenvalue weighted by molar-refractivity contribution is 0.0595. The van der Waals surface area contributed by atoms with E-state index in [0.717, 1.165) is 10.6 Å². The van der Waals surface area contributed by atoms with Crippen molar-refractivity contribution >= 4 is 17.3 Å². The van der Waals surface area contributed by atoms with Crippen molar-refractivity contribution in [3.05, 3.63) is 40.9 Å². The maximum atomic E-state index is 11.4. The van der Waals surface area contributed by atoms with E-state index in [4.69, 9.17) is 0 Å². The molecule has 2 aromatic rings. The van der Waals surface area contributed by atoms with E-state index in [1.165, 1.54) is 36.9 Å². The molecule has 18 heavy (non-hydrogen) atoms. The standard InChI is InChI=1S/C14H13NO2S/c1-17-14(16)12-8-18-13(15-12)11-5-3-2-4-10(11)9-6-7-9/h2-5,8-9H,6-7H2,1H3. The first kappa shape index (κ1) is 11.4. The molecule has 1 fully saturated rings. The van der Waals surface area contributed by atoms with Crippen molar-refractivity contribution < 1.29 is 9.53 Å². The molecule has 1 aromatic carbocycles. The van der Waals surface area contributed by atoms with Gasteiger partial charge in [-0.1, -0.05) is 24.3 Å². The van der Waals surface area contributed by atoms with Gasteiger partial charge in [0.2, 0.25) is 0 Å². The third kappa shape index (κ3) is 2.04.